The molecule has 0 aromatic rings. The van der Waals surface area contributed by atoms with E-state index in [0.717, 1.165) is 4.90 Å². The smallest absolute Gasteiger partial charge is 0.321 e. The number of aliphatic imine (C=N–C) groups is 1. The van der Waals surface area contributed by atoms with E-state index in [9.17, 15) is 4.79 Å². The maximum Gasteiger partial charge on any atom is 0.321 e. The topological polar surface area (TPSA) is 161 Å². The van der Waals surface area contributed by atoms with Gasteiger partial charge in [0.25, 0.3) is 0 Å². The van der Waals surface area contributed by atoms with Crippen LogP contribution >= 0.6 is 11.6 Å². The molecule has 82 valence electrons. The van der Waals surface area contributed by atoms with Crippen LogP contribution in [-0.4, -0.2) is 28.1 Å². The van der Waals surface area contributed by atoms with Crippen LogP contribution in [0.1, 0.15) is 0 Å². The molecule has 0 saturated heterocycles. The van der Waals surface area contributed by atoms with Gasteiger partial charge in [0.2, 0.25) is 0 Å². The number of hydrogen-bond acceptors (Lipinski definition) is 5. The molecule has 0 radical (unpaired) electrons. The van der Waals surface area contributed by atoms with Gasteiger partial charge in [0.05, 0.1) is 0 Å². The number of nitrogens with two attached hydrogens (primary N) is 4. The normalized spacial score (nSPS) is 21.3. The summed E-state index contributed by atoms with van der Waals surface area (Å²) in [6.45, 7) is 0. The van der Waals surface area contributed by atoms with Crippen molar-refractivity contribution in [2.24, 2.45) is 27.9 Å². The quantitative estimate of drug-likeness (QED) is 0.250. The van der Waals surface area contributed by atoms with E-state index < -0.39 is 11.5 Å². The van der Waals surface area contributed by atoms with Crippen molar-refractivity contribution in [3.05, 3.63) is 11.5 Å². The van der Waals surface area contributed by atoms with Gasteiger partial charge in [-0.05, 0) is 0 Å². The number of carbonyl (C=O) groups is 1. The lowest BCUT2D eigenvalue weighted by Gasteiger charge is -2.30. The van der Waals surface area contributed by atoms with Gasteiger partial charge < -0.3 is 22.9 Å². The number of halogens is 1. The summed E-state index contributed by atoms with van der Waals surface area (Å²) in [5.41, 5.74) is 19.8. The van der Waals surface area contributed by atoms with E-state index in [0.29, 0.717) is 0 Å². The first-order valence-electron chi connectivity index (χ1n) is 3.77. The van der Waals surface area contributed by atoms with E-state index in [1.54, 1.807) is 0 Å². The molecule has 0 bridgehead atoms. The van der Waals surface area contributed by atoms with Crippen molar-refractivity contribution in [2.75, 3.05) is 0 Å². The second kappa shape index (κ2) is 3.65. The number of amides is 2. The van der Waals surface area contributed by atoms with Crippen molar-refractivity contribution in [2.45, 2.75) is 5.50 Å². The maximum absolute atomic E-state index is 11.1. The number of hydrogen-bond donors (Lipinski definition) is 5. The molecule has 8 nitrogen and oxygen atoms in total. The fourth-order valence-corrected chi connectivity index (χ4v) is 1.34. The standard InChI is InChI=1S/C6H10ClN7O/c7-2-5(11)13-4(10)1(3(8)9)14(2)6(12)15/h2H,8-9H2,(H2,12,15)(H3,10,11,13). The van der Waals surface area contributed by atoms with Crippen LogP contribution < -0.4 is 22.9 Å². The van der Waals surface area contributed by atoms with Crippen LogP contribution in [-0.2, 0) is 0 Å². The van der Waals surface area contributed by atoms with Crippen molar-refractivity contribution < 1.29 is 4.79 Å². The number of nitrogens with zero attached hydrogens (tertiary/aromatic N) is 2. The number of amidine groups is 2. The lowest BCUT2D eigenvalue weighted by molar-refractivity contribution is 0.223. The average molecular weight is 232 g/mol. The molecule has 1 atom stereocenters. The number of primary amides is 1. The molecule has 9 heteroatoms. The molecule has 9 N–H and O–H groups in total. The Bertz CT molecular complexity index is 383. The number of carbonyl (C=O) groups excluding carboxylic acids is 1. The second-order valence-electron chi connectivity index (χ2n) is 2.73. The van der Waals surface area contributed by atoms with Crippen LogP contribution in [0.15, 0.2) is 16.5 Å². The SMILES string of the molecule is N=C1N=C(N)C(Cl)N(C(N)=O)C1=C(N)N. The zero-order valence-corrected chi connectivity index (χ0v) is 8.32. The molecule has 1 heterocycles. The Kier molecular flexibility index (Phi) is 2.71. The van der Waals surface area contributed by atoms with Crippen molar-refractivity contribution in [1.82, 2.24) is 4.90 Å². The minimum atomic E-state index is -1.09. The predicted molar refractivity (Wildman–Crippen MR) is 55.8 cm³/mol. The molecule has 1 aliphatic heterocycles. The third-order valence-electron chi connectivity index (χ3n) is 1.69. The summed E-state index contributed by atoms with van der Waals surface area (Å²) in [7, 11) is 0. The Morgan fingerprint density at radius 2 is 2.00 bits per heavy atom. The summed E-state index contributed by atoms with van der Waals surface area (Å²) in [4.78, 5) is 15.5. The lowest BCUT2D eigenvalue weighted by Crippen LogP contribution is -2.52. The molecule has 0 aromatic heterocycles. The summed E-state index contributed by atoms with van der Waals surface area (Å²) in [5.74, 6) is -0.755. The molecule has 0 saturated carbocycles. The Morgan fingerprint density at radius 3 is 2.40 bits per heavy atom. The van der Waals surface area contributed by atoms with Crippen molar-refractivity contribution in [3.63, 3.8) is 0 Å². The minimum Gasteiger partial charge on any atom is -0.384 e. The zero-order chi connectivity index (χ0) is 11.7. The second-order valence-corrected chi connectivity index (χ2v) is 3.15. The lowest BCUT2D eigenvalue weighted by atomic mass is 10.2. The highest BCUT2D eigenvalue weighted by Crippen LogP contribution is 2.20. The van der Waals surface area contributed by atoms with Crippen molar-refractivity contribution in [1.29, 1.82) is 5.41 Å². The van der Waals surface area contributed by atoms with Gasteiger partial charge in [-0.2, -0.15) is 0 Å². The number of urea groups is 1. The number of rotatable bonds is 0. The Morgan fingerprint density at radius 1 is 1.47 bits per heavy atom. The molecule has 0 aromatic carbocycles. The highest BCUT2D eigenvalue weighted by atomic mass is 35.5. The molecule has 0 fully saturated rings. The molecular formula is C6H10ClN7O. The monoisotopic (exact) mass is 231 g/mol. The van der Waals surface area contributed by atoms with Crippen LogP contribution in [0.25, 0.3) is 0 Å². The summed E-state index contributed by atoms with van der Waals surface area (Å²) >= 11 is 5.76. The first-order valence-corrected chi connectivity index (χ1v) is 4.20. The van der Waals surface area contributed by atoms with E-state index in [4.69, 9.17) is 39.9 Å². The highest BCUT2D eigenvalue weighted by Gasteiger charge is 2.34. The Hall–Kier alpha value is -1.96. The van der Waals surface area contributed by atoms with E-state index in [1.807, 2.05) is 0 Å². The molecule has 1 unspecified atom stereocenters. The fourth-order valence-electron chi connectivity index (χ4n) is 1.09. The fraction of sp³-hybridized carbons (Fsp3) is 0.167. The molecule has 0 aliphatic carbocycles. The molecular weight excluding hydrogens is 222 g/mol. The zero-order valence-electron chi connectivity index (χ0n) is 7.57. The summed E-state index contributed by atoms with van der Waals surface area (Å²) in [5, 5.41) is 7.43. The Balaban J connectivity index is 3.33. The Labute approximate surface area is 90.0 Å². The van der Waals surface area contributed by atoms with Gasteiger partial charge in [0.15, 0.2) is 11.3 Å². The third-order valence-corrected chi connectivity index (χ3v) is 2.11. The molecule has 0 spiro atoms. The first kappa shape index (κ1) is 11.1. The summed E-state index contributed by atoms with van der Waals surface area (Å²) in [6, 6.07) is -0.916. The predicted octanol–water partition coefficient (Wildman–Crippen LogP) is -1.63. The van der Waals surface area contributed by atoms with Crippen LogP contribution in [0.3, 0.4) is 0 Å². The van der Waals surface area contributed by atoms with Gasteiger partial charge >= 0.3 is 6.03 Å². The maximum atomic E-state index is 11.1. The third kappa shape index (κ3) is 1.79. The first-order chi connectivity index (χ1) is 6.86. The van der Waals surface area contributed by atoms with E-state index in [1.165, 1.54) is 0 Å². The van der Waals surface area contributed by atoms with Gasteiger partial charge in [-0.1, -0.05) is 11.6 Å². The van der Waals surface area contributed by atoms with Crippen LogP contribution in [0.2, 0.25) is 0 Å². The van der Waals surface area contributed by atoms with E-state index in [-0.39, 0.29) is 23.2 Å². The van der Waals surface area contributed by atoms with Gasteiger partial charge in [0, 0.05) is 0 Å². The van der Waals surface area contributed by atoms with Crippen molar-refractivity contribution in [3.8, 4) is 0 Å². The van der Waals surface area contributed by atoms with Gasteiger partial charge in [-0.3, -0.25) is 10.3 Å². The molecule has 2 amide bonds. The van der Waals surface area contributed by atoms with Crippen molar-refractivity contribution >= 4 is 29.3 Å². The number of nitrogens with one attached hydrogen (secondary N) is 1. The molecule has 15 heavy (non-hydrogen) atoms. The molecule has 1 rings (SSSR count). The highest BCUT2D eigenvalue weighted by molar-refractivity contribution is 6.34. The average Bonchev–Trinajstić information content (AvgIpc) is 2.09. The van der Waals surface area contributed by atoms with Crippen LogP contribution in [0.5, 0.6) is 0 Å². The summed E-state index contributed by atoms with van der Waals surface area (Å²) in [6.07, 6.45) is 0. The molecule has 1 aliphatic rings. The minimum absolute atomic E-state index is 0.120. The van der Waals surface area contributed by atoms with E-state index >= 15 is 0 Å². The van der Waals surface area contributed by atoms with Gasteiger partial charge in [0.1, 0.15) is 17.4 Å². The van der Waals surface area contributed by atoms with E-state index in [2.05, 4.69) is 4.99 Å². The van der Waals surface area contributed by atoms with Crippen LogP contribution in [0.4, 0.5) is 4.79 Å². The summed E-state index contributed by atoms with van der Waals surface area (Å²) < 4.78 is 0. The van der Waals surface area contributed by atoms with Crippen LogP contribution in [0, 0.1) is 5.41 Å². The number of alkyl halides is 1. The van der Waals surface area contributed by atoms with Gasteiger partial charge in [-0.25, -0.2) is 9.79 Å². The largest absolute Gasteiger partial charge is 0.384 e. The van der Waals surface area contributed by atoms with Gasteiger partial charge in [-0.15, -0.1) is 0 Å².